The standard InChI is InChI=1S/C27H21N3O4S/c1-2-22(24(31)30-27-29-21(16-35-27)17-10-4-3-5-11-17)34-26(32)19-13-7-6-12-18(19)25-28-20-14-8-9-15-23(20)33-25/h3-16,22H,2H2,1H3,(H,29,30,31). The van der Waals surface area contributed by atoms with Gasteiger partial charge in [-0.1, -0.05) is 61.5 Å². The largest absolute Gasteiger partial charge is 0.449 e. The Morgan fingerprint density at radius 3 is 2.51 bits per heavy atom. The van der Waals surface area contributed by atoms with Crippen LogP contribution in [0.1, 0.15) is 23.7 Å². The number of carbonyl (C=O) groups is 2. The predicted octanol–water partition coefficient (Wildman–Crippen LogP) is 6.19. The number of oxazole rings is 1. The maximum Gasteiger partial charge on any atom is 0.339 e. The van der Waals surface area contributed by atoms with E-state index in [0.717, 1.165) is 11.3 Å². The van der Waals surface area contributed by atoms with Gasteiger partial charge in [0.15, 0.2) is 16.8 Å². The van der Waals surface area contributed by atoms with Crippen LogP contribution >= 0.6 is 11.3 Å². The van der Waals surface area contributed by atoms with Crippen LogP contribution in [0.15, 0.2) is 88.7 Å². The molecule has 7 nitrogen and oxygen atoms in total. The number of anilines is 1. The van der Waals surface area contributed by atoms with Gasteiger partial charge in [-0.3, -0.25) is 10.1 Å². The Morgan fingerprint density at radius 2 is 1.71 bits per heavy atom. The SMILES string of the molecule is CCC(OC(=O)c1ccccc1-c1nc2ccccc2o1)C(=O)Nc1nc(-c2ccccc2)cs1. The maximum absolute atomic E-state index is 13.1. The summed E-state index contributed by atoms with van der Waals surface area (Å²) in [5.74, 6) is -0.754. The Morgan fingerprint density at radius 1 is 0.971 bits per heavy atom. The fourth-order valence-corrected chi connectivity index (χ4v) is 4.33. The average molecular weight is 484 g/mol. The number of aromatic nitrogens is 2. The van der Waals surface area contributed by atoms with Crippen LogP contribution in [0.3, 0.4) is 0 Å². The average Bonchev–Trinajstić information content (AvgIpc) is 3.55. The molecule has 0 bridgehead atoms. The molecule has 0 aliphatic rings. The first kappa shape index (κ1) is 22.5. The number of amides is 1. The highest BCUT2D eigenvalue weighted by Crippen LogP contribution is 2.28. The molecule has 0 fully saturated rings. The van der Waals surface area contributed by atoms with E-state index in [0.29, 0.717) is 34.1 Å². The molecule has 0 aliphatic carbocycles. The van der Waals surface area contributed by atoms with Crippen molar-refractivity contribution in [3.63, 3.8) is 0 Å². The third-order valence-electron chi connectivity index (χ3n) is 5.39. The van der Waals surface area contributed by atoms with E-state index in [2.05, 4.69) is 15.3 Å². The number of rotatable bonds is 7. The van der Waals surface area contributed by atoms with Crippen molar-refractivity contribution < 1.29 is 18.7 Å². The molecule has 5 aromatic rings. The number of carbonyl (C=O) groups excluding carboxylic acids is 2. The fourth-order valence-electron chi connectivity index (χ4n) is 3.61. The molecule has 1 amide bonds. The molecule has 2 heterocycles. The van der Waals surface area contributed by atoms with Crippen molar-refractivity contribution in [2.45, 2.75) is 19.4 Å². The van der Waals surface area contributed by atoms with Crippen LogP contribution in [-0.2, 0) is 9.53 Å². The molecule has 1 N–H and O–H groups in total. The smallest absolute Gasteiger partial charge is 0.339 e. The van der Waals surface area contributed by atoms with E-state index in [1.54, 1.807) is 31.2 Å². The van der Waals surface area contributed by atoms with Crippen molar-refractivity contribution in [1.29, 1.82) is 0 Å². The highest BCUT2D eigenvalue weighted by molar-refractivity contribution is 7.14. The van der Waals surface area contributed by atoms with Gasteiger partial charge in [-0.05, 0) is 30.7 Å². The zero-order valence-electron chi connectivity index (χ0n) is 18.8. The number of hydrogen-bond acceptors (Lipinski definition) is 7. The summed E-state index contributed by atoms with van der Waals surface area (Å²) >= 11 is 1.31. The minimum Gasteiger partial charge on any atom is -0.449 e. The van der Waals surface area contributed by atoms with Gasteiger partial charge in [-0.25, -0.2) is 14.8 Å². The zero-order chi connectivity index (χ0) is 24.2. The Kier molecular flexibility index (Phi) is 6.36. The molecule has 0 saturated heterocycles. The Balaban J connectivity index is 1.32. The Bertz CT molecular complexity index is 1460. The number of nitrogens with zero attached hydrogens (tertiary/aromatic N) is 2. The number of nitrogens with one attached hydrogen (secondary N) is 1. The second-order valence-corrected chi connectivity index (χ2v) is 8.59. The van der Waals surface area contributed by atoms with E-state index in [-0.39, 0.29) is 5.56 Å². The van der Waals surface area contributed by atoms with Crippen LogP contribution < -0.4 is 5.32 Å². The predicted molar refractivity (Wildman–Crippen MR) is 135 cm³/mol. The highest BCUT2D eigenvalue weighted by atomic mass is 32.1. The molecule has 0 aliphatic heterocycles. The van der Waals surface area contributed by atoms with E-state index in [4.69, 9.17) is 9.15 Å². The van der Waals surface area contributed by atoms with Gasteiger partial charge < -0.3 is 9.15 Å². The van der Waals surface area contributed by atoms with Crippen molar-refractivity contribution >= 4 is 39.4 Å². The quantitative estimate of drug-likeness (QED) is 0.277. The number of fused-ring (bicyclic) bond motifs is 1. The highest BCUT2D eigenvalue weighted by Gasteiger charge is 2.25. The van der Waals surface area contributed by atoms with Crippen molar-refractivity contribution in [2.24, 2.45) is 0 Å². The lowest BCUT2D eigenvalue weighted by Gasteiger charge is -2.16. The summed E-state index contributed by atoms with van der Waals surface area (Å²) in [4.78, 5) is 34.9. The summed E-state index contributed by atoms with van der Waals surface area (Å²) in [7, 11) is 0. The first-order valence-corrected chi connectivity index (χ1v) is 12.0. The molecule has 2 aromatic heterocycles. The molecule has 1 unspecified atom stereocenters. The first-order valence-electron chi connectivity index (χ1n) is 11.1. The summed E-state index contributed by atoms with van der Waals surface area (Å²) in [6, 6.07) is 23.9. The summed E-state index contributed by atoms with van der Waals surface area (Å²) in [6.45, 7) is 1.78. The minimum absolute atomic E-state index is 0.269. The van der Waals surface area contributed by atoms with Crippen molar-refractivity contribution in [3.8, 4) is 22.7 Å². The maximum atomic E-state index is 13.1. The number of thiazole rings is 1. The van der Waals surface area contributed by atoms with Crippen LogP contribution in [0.25, 0.3) is 33.8 Å². The molecule has 1 atom stereocenters. The molecule has 174 valence electrons. The van der Waals surface area contributed by atoms with E-state index in [9.17, 15) is 9.59 Å². The molecule has 0 spiro atoms. The van der Waals surface area contributed by atoms with Crippen LogP contribution in [-0.4, -0.2) is 27.9 Å². The molecule has 0 radical (unpaired) electrons. The van der Waals surface area contributed by atoms with Crippen LogP contribution in [0.4, 0.5) is 5.13 Å². The van der Waals surface area contributed by atoms with Crippen LogP contribution in [0.2, 0.25) is 0 Å². The first-order chi connectivity index (χ1) is 17.1. The van der Waals surface area contributed by atoms with E-state index >= 15 is 0 Å². The van der Waals surface area contributed by atoms with Gasteiger partial charge in [0.05, 0.1) is 16.8 Å². The third-order valence-corrected chi connectivity index (χ3v) is 6.15. The lowest BCUT2D eigenvalue weighted by Crippen LogP contribution is -2.32. The van der Waals surface area contributed by atoms with E-state index < -0.39 is 18.0 Å². The molecular weight excluding hydrogens is 462 g/mol. The Hall–Kier alpha value is -4.30. The number of esters is 1. The number of para-hydroxylation sites is 2. The normalized spacial score (nSPS) is 11.8. The molecule has 0 saturated carbocycles. The second kappa shape index (κ2) is 9.90. The molecule has 5 rings (SSSR count). The van der Waals surface area contributed by atoms with Crippen LogP contribution in [0.5, 0.6) is 0 Å². The molecule has 8 heteroatoms. The molecular formula is C27H21N3O4S. The number of benzene rings is 3. The fraction of sp³-hybridized carbons (Fsp3) is 0.111. The van der Waals surface area contributed by atoms with Gasteiger partial charge in [0.1, 0.15) is 5.52 Å². The number of hydrogen-bond donors (Lipinski definition) is 1. The summed E-state index contributed by atoms with van der Waals surface area (Å²) in [5, 5.41) is 5.07. The second-order valence-electron chi connectivity index (χ2n) is 7.73. The third kappa shape index (κ3) is 4.83. The molecule has 3 aromatic carbocycles. The van der Waals surface area contributed by atoms with Gasteiger partial charge in [0.2, 0.25) is 5.89 Å². The van der Waals surface area contributed by atoms with E-state index in [1.807, 2.05) is 60.0 Å². The van der Waals surface area contributed by atoms with Crippen molar-refractivity contribution in [2.75, 3.05) is 5.32 Å². The Labute approximate surface area is 205 Å². The summed E-state index contributed by atoms with van der Waals surface area (Å²) in [5.41, 5.74) is 3.80. The lowest BCUT2D eigenvalue weighted by molar-refractivity contribution is -0.124. The van der Waals surface area contributed by atoms with Crippen LogP contribution in [0, 0.1) is 0 Å². The topological polar surface area (TPSA) is 94.3 Å². The summed E-state index contributed by atoms with van der Waals surface area (Å²) in [6.07, 6.45) is -0.678. The minimum atomic E-state index is -0.983. The van der Waals surface area contributed by atoms with Gasteiger partial charge in [0, 0.05) is 10.9 Å². The van der Waals surface area contributed by atoms with Gasteiger partial charge in [-0.15, -0.1) is 11.3 Å². The van der Waals surface area contributed by atoms with Gasteiger partial charge in [-0.2, -0.15) is 0 Å². The lowest BCUT2D eigenvalue weighted by atomic mass is 10.1. The zero-order valence-corrected chi connectivity index (χ0v) is 19.6. The van der Waals surface area contributed by atoms with Gasteiger partial charge in [0.25, 0.3) is 5.91 Å². The van der Waals surface area contributed by atoms with Gasteiger partial charge >= 0.3 is 5.97 Å². The summed E-state index contributed by atoms with van der Waals surface area (Å²) < 4.78 is 11.4. The van der Waals surface area contributed by atoms with Crippen molar-refractivity contribution in [3.05, 3.63) is 89.8 Å². The monoisotopic (exact) mass is 483 g/mol. The van der Waals surface area contributed by atoms with E-state index in [1.165, 1.54) is 11.3 Å². The molecule has 35 heavy (non-hydrogen) atoms. The number of ether oxygens (including phenoxy) is 1. The van der Waals surface area contributed by atoms with Crippen molar-refractivity contribution in [1.82, 2.24) is 9.97 Å².